The lowest BCUT2D eigenvalue weighted by atomic mass is 10.1. The molecule has 0 aliphatic rings. The predicted molar refractivity (Wildman–Crippen MR) is 109 cm³/mol. The third kappa shape index (κ3) is 5.63. The number of sulfonamides is 2. The van der Waals surface area contributed by atoms with Gasteiger partial charge in [0.1, 0.15) is 0 Å². The summed E-state index contributed by atoms with van der Waals surface area (Å²) in [6.45, 7) is 4.46. The van der Waals surface area contributed by atoms with E-state index in [1.165, 1.54) is 31.2 Å². The molecule has 0 aromatic heterocycles. The summed E-state index contributed by atoms with van der Waals surface area (Å²) in [5.74, 6) is -1.66. The first-order chi connectivity index (χ1) is 13.7. The van der Waals surface area contributed by atoms with Gasteiger partial charge >= 0.3 is 5.97 Å². The summed E-state index contributed by atoms with van der Waals surface area (Å²) in [6.07, 6.45) is -1.27. The number of carbonyl (C=O) groups excluding carboxylic acids is 2. The Hall–Kier alpha value is -2.80. The highest BCUT2D eigenvalue weighted by atomic mass is 32.2. The Morgan fingerprint density at radius 2 is 1.63 bits per heavy atom. The highest BCUT2D eigenvalue weighted by Crippen LogP contribution is 2.21. The van der Waals surface area contributed by atoms with Crippen LogP contribution in [0.5, 0.6) is 0 Å². The molecule has 0 saturated heterocycles. The van der Waals surface area contributed by atoms with E-state index in [4.69, 9.17) is 15.0 Å². The van der Waals surface area contributed by atoms with Crippen molar-refractivity contribution in [2.45, 2.75) is 36.7 Å². The van der Waals surface area contributed by atoms with Crippen LogP contribution in [0.3, 0.4) is 0 Å². The first-order valence-electron chi connectivity index (χ1n) is 8.49. The number of benzene rings is 2. The molecule has 1 atom stereocenters. The van der Waals surface area contributed by atoms with E-state index in [-0.39, 0.29) is 21.0 Å². The zero-order valence-corrected chi connectivity index (χ0v) is 18.0. The van der Waals surface area contributed by atoms with Crippen molar-refractivity contribution >= 4 is 37.6 Å². The zero-order valence-electron chi connectivity index (χ0n) is 16.4. The van der Waals surface area contributed by atoms with Gasteiger partial charge in [-0.25, -0.2) is 31.9 Å². The molecular formula is C18H21N3O7S2. The van der Waals surface area contributed by atoms with Gasteiger partial charge in [-0.05, 0) is 62.2 Å². The Morgan fingerprint density at radius 3 is 2.20 bits per heavy atom. The fourth-order valence-corrected chi connectivity index (χ4v) is 3.96. The molecule has 0 saturated carbocycles. The van der Waals surface area contributed by atoms with Crippen molar-refractivity contribution in [3.8, 4) is 0 Å². The van der Waals surface area contributed by atoms with Crippen molar-refractivity contribution in [2.24, 2.45) is 10.3 Å². The summed E-state index contributed by atoms with van der Waals surface area (Å²) in [5.41, 5.74) is 0.954. The summed E-state index contributed by atoms with van der Waals surface area (Å²) < 4.78 is 51.3. The van der Waals surface area contributed by atoms with Crippen LogP contribution in [0.2, 0.25) is 0 Å². The number of nitrogens with one attached hydrogen (secondary N) is 1. The van der Waals surface area contributed by atoms with Gasteiger partial charge in [0.2, 0.25) is 20.0 Å². The van der Waals surface area contributed by atoms with Gasteiger partial charge in [-0.15, -0.1) is 0 Å². The molecule has 0 fully saturated rings. The normalized spacial score (nSPS) is 12.8. The molecule has 30 heavy (non-hydrogen) atoms. The van der Waals surface area contributed by atoms with Crippen LogP contribution in [0.4, 0.5) is 5.69 Å². The quantitative estimate of drug-likeness (QED) is 0.539. The minimum Gasteiger partial charge on any atom is -0.449 e. The third-order valence-electron chi connectivity index (χ3n) is 4.25. The van der Waals surface area contributed by atoms with Crippen molar-refractivity contribution in [2.75, 3.05) is 5.32 Å². The van der Waals surface area contributed by atoms with Gasteiger partial charge in [0.05, 0.1) is 15.4 Å². The predicted octanol–water partition coefficient (Wildman–Crippen LogP) is 0.782. The number of hydrogen-bond donors (Lipinski definition) is 3. The van der Waals surface area contributed by atoms with Crippen LogP contribution in [-0.4, -0.2) is 34.8 Å². The van der Waals surface area contributed by atoms with E-state index < -0.39 is 38.0 Å². The Kier molecular flexibility index (Phi) is 6.67. The van der Waals surface area contributed by atoms with Crippen molar-refractivity contribution in [1.29, 1.82) is 0 Å². The topological polar surface area (TPSA) is 176 Å². The van der Waals surface area contributed by atoms with Crippen LogP contribution in [0, 0.1) is 13.8 Å². The third-order valence-corrected chi connectivity index (χ3v) is 6.19. The molecule has 0 spiro atoms. The van der Waals surface area contributed by atoms with E-state index in [1.807, 2.05) is 0 Å². The van der Waals surface area contributed by atoms with E-state index in [1.54, 1.807) is 13.8 Å². The monoisotopic (exact) mass is 455 g/mol. The molecule has 0 heterocycles. The number of amides is 1. The molecule has 0 aliphatic carbocycles. The number of anilines is 1. The summed E-state index contributed by atoms with van der Waals surface area (Å²) >= 11 is 0. The van der Waals surface area contributed by atoms with Gasteiger partial charge in [0, 0.05) is 5.69 Å². The average molecular weight is 456 g/mol. The molecule has 2 aromatic rings. The maximum absolute atomic E-state index is 12.4. The van der Waals surface area contributed by atoms with Crippen LogP contribution in [0.25, 0.3) is 0 Å². The number of carbonyl (C=O) groups is 2. The molecule has 10 nitrogen and oxygen atoms in total. The van der Waals surface area contributed by atoms with Gasteiger partial charge in [0.15, 0.2) is 6.10 Å². The largest absolute Gasteiger partial charge is 0.449 e. The van der Waals surface area contributed by atoms with Crippen LogP contribution in [0.1, 0.15) is 28.4 Å². The Labute approximate surface area is 174 Å². The van der Waals surface area contributed by atoms with Gasteiger partial charge in [-0.3, -0.25) is 4.79 Å². The van der Waals surface area contributed by atoms with Crippen molar-refractivity contribution < 1.29 is 31.2 Å². The minimum absolute atomic E-state index is 0.0852. The molecule has 5 N–H and O–H groups in total. The van der Waals surface area contributed by atoms with Crippen molar-refractivity contribution in [1.82, 2.24) is 0 Å². The molecular weight excluding hydrogens is 434 g/mol. The summed E-state index contributed by atoms with van der Waals surface area (Å²) in [4.78, 5) is 24.3. The molecule has 2 aromatic carbocycles. The van der Waals surface area contributed by atoms with Crippen LogP contribution < -0.4 is 15.6 Å². The number of ether oxygens (including phenoxy) is 1. The maximum atomic E-state index is 12.4. The zero-order chi connectivity index (χ0) is 22.9. The Balaban J connectivity index is 2.18. The number of esters is 1. The van der Waals surface area contributed by atoms with E-state index in [0.717, 1.165) is 12.1 Å². The summed E-state index contributed by atoms with van der Waals surface area (Å²) in [5, 5.41) is 12.6. The molecule has 1 unspecified atom stereocenters. The maximum Gasteiger partial charge on any atom is 0.338 e. The lowest BCUT2D eigenvalue weighted by Gasteiger charge is -2.15. The summed E-state index contributed by atoms with van der Waals surface area (Å²) in [7, 11) is -8.02. The van der Waals surface area contributed by atoms with E-state index in [2.05, 4.69) is 5.32 Å². The fraction of sp³-hybridized carbons (Fsp3) is 0.222. The Morgan fingerprint density at radius 1 is 1.00 bits per heavy atom. The van der Waals surface area contributed by atoms with Crippen molar-refractivity contribution in [3.63, 3.8) is 0 Å². The van der Waals surface area contributed by atoms with Crippen LogP contribution in [0.15, 0.2) is 46.2 Å². The van der Waals surface area contributed by atoms with Gasteiger partial charge in [-0.2, -0.15) is 0 Å². The Bertz CT molecular complexity index is 1220. The molecule has 162 valence electrons. The van der Waals surface area contributed by atoms with E-state index in [9.17, 15) is 26.4 Å². The van der Waals surface area contributed by atoms with Gasteiger partial charge in [0.25, 0.3) is 5.91 Å². The molecule has 2 rings (SSSR count). The SMILES string of the molecule is Cc1cc(C(=O)OC(C)C(=O)Nc2cccc(S(N)(=O)=O)c2)cc(S(N)(=O)=O)c1C. The number of nitrogens with two attached hydrogens (primary N) is 2. The van der Waals surface area contributed by atoms with Crippen molar-refractivity contribution in [3.05, 3.63) is 53.1 Å². The lowest BCUT2D eigenvalue weighted by molar-refractivity contribution is -0.123. The van der Waals surface area contributed by atoms with Gasteiger partial charge in [-0.1, -0.05) is 6.07 Å². The van der Waals surface area contributed by atoms with E-state index in [0.29, 0.717) is 11.1 Å². The van der Waals surface area contributed by atoms with Crippen LogP contribution >= 0.6 is 0 Å². The van der Waals surface area contributed by atoms with E-state index >= 15 is 0 Å². The molecule has 0 aliphatic heterocycles. The summed E-state index contributed by atoms with van der Waals surface area (Å²) in [6, 6.07) is 7.74. The van der Waals surface area contributed by atoms with Crippen LogP contribution in [-0.2, 0) is 29.6 Å². The molecule has 0 bridgehead atoms. The fourth-order valence-electron chi connectivity index (χ4n) is 2.52. The minimum atomic E-state index is -4.06. The first kappa shape index (κ1) is 23.5. The highest BCUT2D eigenvalue weighted by Gasteiger charge is 2.22. The number of aryl methyl sites for hydroxylation is 1. The highest BCUT2D eigenvalue weighted by molar-refractivity contribution is 7.89. The first-order valence-corrected chi connectivity index (χ1v) is 11.6. The second kappa shape index (κ2) is 8.52. The van der Waals surface area contributed by atoms with Gasteiger partial charge < -0.3 is 10.1 Å². The number of rotatable bonds is 6. The lowest BCUT2D eigenvalue weighted by Crippen LogP contribution is -2.30. The number of primary sulfonamides is 2. The molecule has 12 heteroatoms. The average Bonchev–Trinajstić information content (AvgIpc) is 2.62. The number of hydrogen-bond acceptors (Lipinski definition) is 7. The molecule has 1 amide bonds. The second-order valence-electron chi connectivity index (χ2n) is 6.57. The smallest absolute Gasteiger partial charge is 0.338 e. The standard InChI is InChI=1S/C18H21N3O7S2/c1-10-7-13(8-16(11(10)2)30(20,26)27)18(23)28-12(3)17(22)21-14-5-4-6-15(9-14)29(19,24)25/h4-9,12H,1-3H3,(H,21,22)(H2,19,24,25)(H2,20,26,27). The second-order valence-corrected chi connectivity index (χ2v) is 9.66. The molecule has 0 radical (unpaired) electrons.